The highest BCUT2D eigenvalue weighted by Crippen LogP contribution is 2.31. The minimum Gasteiger partial charge on any atom is -0.396 e. The number of aliphatic hydroxyl groups is 1. The van der Waals surface area contributed by atoms with Crippen molar-refractivity contribution in [2.75, 3.05) is 36.9 Å². The lowest BCUT2D eigenvalue weighted by Crippen LogP contribution is -2.51. The van der Waals surface area contributed by atoms with Crippen LogP contribution in [0, 0.1) is 0 Å². The monoisotopic (exact) mass is 542 g/mol. The molecule has 0 radical (unpaired) electrons. The third kappa shape index (κ3) is 5.61. The van der Waals surface area contributed by atoms with Gasteiger partial charge in [0, 0.05) is 48.6 Å². The topological polar surface area (TPSA) is 142 Å². The summed E-state index contributed by atoms with van der Waals surface area (Å²) in [5.41, 5.74) is 10.5. The smallest absolute Gasteiger partial charge is 0.327 e. The predicted octanol–water partition coefficient (Wildman–Crippen LogP) is 1.70. The van der Waals surface area contributed by atoms with Gasteiger partial charge in [0.15, 0.2) is 9.84 Å². The van der Waals surface area contributed by atoms with Crippen molar-refractivity contribution in [2.45, 2.75) is 56.5 Å². The summed E-state index contributed by atoms with van der Waals surface area (Å²) in [6.45, 7) is 2.98. The summed E-state index contributed by atoms with van der Waals surface area (Å²) in [7, 11) is -3.17. The van der Waals surface area contributed by atoms with Crippen LogP contribution in [-0.4, -0.2) is 67.5 Å². The van der Waals surface area contributed by atoms with Crippen LogP contribution in [0.25, 0.3) is 10.9 Å². The van der Waals surface area contributed by atoms with Crippen molar-refractivity contribution in [1.29, 1.82) is 0 Å². The van der Waals surface area contributed by atoms with Gasteiger partial charge in [-0.1, -0.05) is 6.07 Å². The zero-order valence-electron chi connectivity index (χ0n) is 21.7. The van der Waals surface area contributed by atoms with E-state index in [0.717, 1.165) is 66.8 Å². The van der Waals surface area contributed by atoms with Crippen molar-refractivity contribution in [3.63, 3.8) is 0 Å². The van der Waals surface area contributed by atoms with Gasteiger partial charge in [-0.05, 0) is 75.5 Å². The summed E-state index contributed by atoms with van der Waals surface area (Å²) >= 11 is 0. The lowest BCUT2D eigenvalue weighted by Gasteiger charge is -2.29. The molecule has 11 heteroatoms. The Morgan fingerprint density at radius 3 is 2.68 bits per heavy atom. The molecule has 1 unspecified atom stereocenters. The van der Waals surface area contributed by atoms with Gasteiger partial charge in [0.25, 0.3) is 0 Å². The lowest BCUT2D eigenvalue weighted by molar-refractivity contribution is 0.243. The average Bonchev–Trinajstić information content (AvgIpc) is 3.48. The van der Waals surface area contributed by atoms with E-state index >= 15 is 0 Å². The van der Waals surface area contributed by atoms with Gasteiger partial charge in [0.05, 0.1) is 22.2 Å². The number of anilines is 1. The van der Waals surface area contributed by atoms with E-state index in [4.69, 9.17) is 5.73 Å². The van der Waals surface area contributed by atoms with E-state index in [9.17, 15) is 18.3 Å². The molecular weight excluding hydrogens is 504 g/mol. The van der Waals surface area contributed by atoms with Gasteiger partial charge in [-0.15, -0.1) is 0 Å². The normalized spacial score (nSPS) is 20.2. The highest BCUT2D eigenvalue weighted by Gasteiger charge is 2.32. The van der Waals surface area contributed by atoms with E-state index in [0.29, 0.717) is 25.8 Å². The molecule has 1 aromatic carbocycles. The maximum absolute atomic E-state index is 13.1. The maximum atomic E-state index is 13.1. The second kappa shape index (κ2) is 11.5. The molecule has 6 N–H and O–H groups in total. The molecule has 38 heavy (non-hydrogen) atoms. The van der Waals surface area contributed by atoms with Crippen molar-refractivity contribution in [3.05, 3.63) is 53.5 Å². The van der Waals surface area contributed by atoms with E-state index in [-0.39, 0.29) is 29.8 Å². The highest BCUT2D eigenvalue weighted by molar-refractivity contribution is 7.92. The van der Waals surface area contributed by atoms with Crippen molar-refractivity contribution in [1.82, 2.24) is 20.5 Å². The Kier molecular flexibility index (Phi) is 8.08. The number of aliphatic hydroxyl groups excluding tert-OH is 1. The minimum absolute atomic E-state index is 0.100. The maximum Gasteiger partial charge on any atom is 0.327 e. The Morgan fingerprint density at radius 1 is 1.11 bits per heavy atom. The van der Waals surface area contributed by atoms with Gasteiger partial charge in [0.1, 0.15) is 6.17 Å². The molecule has 3 aliphatic heterocycles. The first kappa shape index (κ1) is 26.7. The van der Waals surface area contributed by atoms with Gasteiger partial charge in [-0.2, -0.15) is 0 Å². The number of hydrogen-bond acceptors (Lipinski definition) is 7. The van der Waals surface area contributed by atoms with Crippen LogP contribution >= 0.6 is 0 Å². The third-order valence-electron chi connectivity index (χ3n) is 7.67. The van der Waals surface area contributed by atoms with Crippen LogP contribution in [0.2, 0.25) is 0 Å². The van der Waals surface area contributed by atoms with Gasteiger partial charge >= 0.3 is 6.03 Å². The fourth-order valence-corrected chi connectivity index (χ4v) is 7.37. The van der Waals surface area contributed by atoms with Gasteiger partial charge in [-0.3, -0.25) is 4.90 Å². The Hall–Kier alpha value is -2.86. The Morgan fingerprint density at radius 2 is 1.92 bits per heavy atom. The van der Waals surface area contributed by atoms with Crippen LogP contribution in [0.15, 0.2) is 47.9 Å². The number of urea groups is 1. The van der Waals surface area contributed by atoms with Crippen LogP contribution in [-0.2, 0) is 22.8 Å². The largest absolute Gasteiger partial charge is 0.396 e. The van der Waals surface area contributed by atoms with E-state index in [2.05, 4.69) is 26.7 Å². The molecule has 0 aliphatic carbocycles. The quantitative estimate of drug-likeness (QED) is 0.272. The molecule has 4 heterocycles. The third-order valence-corrected chi connectivity index (χ3v) is 9.93. The molecule has 1 saturated heterocycles. The summed E-state index contributed by atoms with van der Waals surface area (Å²) in [5, 5.41) is 19.5. The molecule has 2 amide bonds. The van der Waals surface area contributed by atoms with Crippen LogP contribution in [0.3, 0.4) is 0 Å². The number of aryl methyl sites for hydroxylation is 1. The zero-order valence-corrected chi connectivity index (χ0v) is 22.5. The molecule has 0 spiro atoms. The van der Waals surface area contributed by atoms with E-state index < -0.39 is 9.84 Å². The molecule has 3 aliphatic rings. The van der Waals surface area contributed by atoms with Crippen molar-refractivity contribution < 1.29 is 18.3 Å². The van der Waals surface area contributed by atoms with Gasteiger partial charge < -0.3 is 31.4 Å². The van der Waals surface area contributed by atoms with Gasteiger partial charge in [0.2, 0.25) is 0 Å². The fraction of sp³-hybridized carbons (Fsp3) is 0.519. The number of nitrogens with one attached hydrogen (secondary N) is 3. The van der Waals surface area contributed by atoms with E-state index in [1.165, 1.54) is 5.56 Å². The molecule has 206 valence electrons. The fourth-order valence-electron chi connectivity index (χ4n) is 5.58. The van der Waals surface area contributed by atoms with Crippen molar-refractivity contribution >= 4 is 32.5 Å². The van der Waals surface area contributed by atoms with E-state index in [1.54, 1.807) is 4.90 Å². The first-order valence-electron chi connectivity index (χ1n) is 13.5. The number of benzene rings is 1. The Labute approximate surface area is 223 Å². The second-order valence-electron chi connectivity index (χ2n) is 10.3. The first-order chi connectivity index (χ1) is 18.4. The number of carbonyl (C=O) groups is 1. The molecule has 1 atom stereocenters. The molecule has 1 aromatic heterocycles. The summed E-state index contributed by atoms with van der Waals surface area (Å²) < 4.78 is 27.8. The zero-order chi connectivity index (χ0) is 26.7. The number of unbranched alkanes of at least 4 members (excludes halogenated alkanes) is 1. The summed E-state index contributed by atoms with van der Waals surface area (Å²) in [4.78, 5) is 14.7. The molecular formula is C27H38N6O4S. The number of amides is 2. The van der Waals surface area contributed by atoms with Crippen LogP contribution in [0.4, 0.5) is 10.5 Å². The second-order valence-corrected chi connectivity index (χ2v) is 12.7. The molecule has 0 bridgehead atoms. The first-order valence-corrected chi connectivity index (χ1v) is 15.2. The van der Waals surface area contributed by atoms with E-state index in [1.807, 2.05) is 30.5 Å². The number of nitrogens with zero attached hydrogens (tertiary/aromatic N) is 2. The molecule has 5 rings (SSSR count). The molecule has 1 fully saturated rings. The summed E-state index contributed by atoms with van der Waals surface area (Å²) in [6.07, 6.45) is 9.61. The van der Waals surface area contributed by atoms with Crippen LogP contribution in [0.5, 0.6) is 0 Å². The average molecular weight is 543 g/mol. The Balaban J connectivity index is 1.35. The van der Waals surface area contributed by atoms with Crippen molar-refractivity contribution in [3.8, 4) is 0 Å². The SMILES string of the molecule is NCCc1cn(CCCCO)c2cc(N3C=C4C=C(CCS(=O)(=O)C5CCNCC5)NC4NC3=O)ccc12. The van der Waals surface area contributed by atoms with Gasteiger partial charge in [-0.25, -0.2) is 13.2 Å². The lowest BCUT2D eigenvalue weighted by atomic mass is 10.1. The number of rotatable bonds is 11. The van der Waals surface area contributed by atoms with Crippen molar-refractivity contribution in [2.24, 2.45) is 5.73 Å². The highest BCUT2D eigenvalue weighted by atomic mass is 32.2. The number of piperidine rings is 1. The summed E-state index contributed by atoms with van der Waals surface area (Å²) in [6, 6.07) is 5.75. The molecule has 2 aromatic rings. The summed E-state index contributed by atoms with van der Waals surface area (Å²) in [5.74, 6) is 0.100. The number of sulfone groups is 1. The van der Waals surface area contributed by atoms with Crippen LogP contribution in [0.1, 0.15) is 37.7 Å². The Bertz CT molecular complexity index is 1340. The number of allylic oxidation sites excluding steroid dienone is 1. The predicted molar refractivity (Wildman–Crippen MR) is 149 cm³/mol. The number of fused-ring (bicyclic) bond motifs is 2. The van der Waals surface area contributed by atoms with Crippen LogP contribution < -0.4 is 26.6 Å². The molecule has 0 saturated carbocycles. The number of nitrogens with two attached hydrogens (primary N) is 1. The standard InChI is InChI=1S/C27H38N6O4S/c28-9-5-19-17-32(12-1-2-13-34)25-16-22(3-4-24(19)25)33-18-20-15-21(30-26(20)31-27(33)35)8-14-38(36,37)23-6-10-29-11-7-23/h3-4,15-18,23,26,29-30,34H,1-2,5-14,28H2,(H,31,35). The molecule has 10 nitrogen and oxygen atoms in total. The number of aromatic nitrogens is 1. The number of carbonyl (C=O) groups excluding carboxylic acids is 1. The minimum atomic E-state index is -3.17. The number of hydrogen-bond donors (Lipinski definition) is 5.